The van der Waals surface area contributed by atoms with Crippen molar-refractivity contribution in [1.29, 1.82) is 0 Å². The van der Waals surface area contributed by atoms with Crippen LogP contribution in [0.25, 0.3) is 0 Å². The van der Waals surface area contributed by atoms with Crippen LogP contribution >= 0.6 is 23.2 Å². The highest BCUT2D eigenvalue weighted by Gasteiger charge is 2.21. The maximum Gasteiger partial charge on any atom is 0.0406 e. The van der Waals surface area contributed by atoms with Crippen LogP contribution in [0.15, 0.2) is 24.3 Å². The minimum atomic E-state index is 0.712. The molecule has 3 heteroatoms. The van der Waals surface area contributed by atoms with Gasteiger partial charge >= 0.3 is 0 Å². The largest absolute Gasteiger partial charge is 0.295 e. The average molecular weight is 272 g/mol. The van der Waals surface area contributed by atoms with Gasteiger partial charge in [0.15, 0.2) is 0 Å². The van der Waals surface area contributed by atoms with Gasteiger partial charge in [0.05, 0.1) is 0 Å². The zero-order chi connectivity index (χ0) is 12.1. The minimum Gasteiger partial charge on any atom is -0.295 e. The summed E-state index contributed by atoms with van der Waals surface area (Å²) in [7, 11) is 0. The molecular formula is C14H19Cl2N. The van der Waals surface area contributed by atoms with E-state index < -0.39 is 0 Å². The molecule has 0 heterocycles. The lowest BCUT2D eigenvalue weighted by Crippen LogP contribution is -2.34. The van der Waals surface area contributed by atoms with E-state index in [-0.39, 0.29) is 0 Å². The van der Waals surface area contributed by atoms with Crippen molar-refractivity contribution in [3.05, 3.63) is 34.9 Å². The molecule has 1 aliphatic rings. The summed E-state index contributed by atoms with van der Waals surface area (Å²) in [5.41, 5.74) is 1.33. The predicted octanol–water partition coefficient (Wildman–Crippen LogP) is 4.32. The van der Waals surface area contributed by atoms with Gasteiger partial charge in [0.25, 0.3) is 0 Å². The number of hydrogen-bond acceptors (Lipinski definition) is 1. The molecule has 1 aromatic rings. The maximum atomic E-state index is 5.90. The summed E-state index contributed by atoms with van der Waals surface area (Å²) in [5, 5.41) is 0.804. The van der Waals surface area contributed by atoms with E-state index in [0.29, 0.717) is 5.88 Å². The molecular weight excluding hydrogens is 253 g/mol. The first-order valence-corrected chi connectivity index (χ1v) is 7.25. The van der Waals surface area contributed by atoms with E-state index in [0.717, 1.165) is 24.2 Å². The average Bonchev–Trinajstić information content (AvgIpc) is 2.85. The lowest BCUT2D eigenvalue weighted by molar-refractivity contribution is 0.201. The smallest absolute Gasteiger partial charge is 0.0406 e. The Morgan fingerprint density at radius 1 is 1.12 bits per heavy atom. The summed E-state index contributed by atoms with van der Waals surface area (Å²) in [6, 6.07) is 8.87. The van der Waals surface area contributed by atoms with Gasteiger partial charge in [0.1, 0.15) is 0 Å². The fraction of sp³-hybridized carbons (Fsp3) is 0.571. The first-order chi connectivity index (χ1) is 8.29. The summed E-state index contributed by atoms with van der Waals surface area (Å²) in [6.07, 6.45) is 5.38. The van der Waals surface area contributed by atoms with Gasteiger partial charge in [-0.1, -0.05) is 36.6 Å². The summed E-state index contributed by atoms with van der Waals surface area (Å²) in [4.78, 5) is 2.52. The van der Waals surface area contributed by atoms with Gasteiger partial charge in [-0.15, -0.1) is 11.6 Å². The van der Waals surface area contributed by atoms with Gasteiger partial charge in [0, 0.05) is 30.0 Å². The molecule has 0 radical (unpaired) electrons. The number of benzene rings is 1. The van der Waals surface area contributed by atoms with Gasteiger partial charge in [-0.3, -0.25) is 4.90 Å². The zero-order valence-corrected chi connectivity index (χ0v) is 11.6. The number of hydrogen-bond donors (Lipinski definition) is 0. The number of halogens is 2. The van der Waals surface area contributed by atoms with Crippen molar-refractivity contribution in [2.24, 2.45) is 0 Å². The Kier molecular flexibility index (Phi) is 5.15. The predicted molar refractivity (Wildman–Crippen MR) is 74.8 cm³/mol. The Labute approximate surface area is 114 Å². The van der Waals surface area contributed by atoms with Gasteiger partial charge in [-0.05, 0) is 30.5 Å². The molecule has 0 unspecified atom stereocenters. The lowest BCUT2D eigenvalue weighted by atomic mass is 10.1. The molecule has 1 aromatic carbocycles. The van der Waals surface area contributed by atoms with E-state index in [1.54, 1.807) is 0 Å². The van der Waals surface area contributed by atoms with E-state index >= 15 is 0 Å². The Bertz CT molecular complexity index is 331. The van der Waals surface area contributed by atoms with Crippen molar-refractivity contribution >= 4 is 23.2 Å². The highest BCUT2D eigenvalue weighted by molar-refractivity contribution is 6.30. The molecule has 1 saturated carbocycles. The van der Waals surface area contributed by atoms with Gasteiger partial charge in [0.2, 0.25) is 0 Å². The molecule has 0 spiro atoms. The van der Waals surface area contributed by atoms with E-state index in [1.807, 2.05) is 12.1 Å². The normalized spacial score (nSPS) is 16.9. The molecule has 2 rings (SSSR count). The highest BCUT2D eigenvalue weighted by Crippen LogP contribution is 2.25. The van der Waals surface area contributed by atoms with Crippen LogP contribution in [0.1, 0.15) is 31.2 Å². The van der Waals surface area contributed by atoms with Crippen LogP contribution in [0.3, 0.4) is 0 Å². The van der Waals surface area contributed by atoms with Crippen molar-refractivity contribution < 1.29 is 0 Å². The SMILES string of the molecule is ClCCN(Cc1ccc(Cl)cc1)C1CCCC1. The van der Waals surface area contributed by atoms with Gasteiger partial charge in [-0.25, -0.2) is 0 Å². The standard InChI is InChI=1S/C14H19Cl2N/c15-9-10-17(14-3-1-2-4-14)11-12-5-7-13(16)8-6-12/h5-8,14H,1-4,9-11H2. The first-order valence-electron chi connectivity index (χ1n) is 6.34. The molecule has 1 nitrogen and oxygen atoms in total. The maximum absolute atomic E-state index is 5.90. The number of alkyl halides is 1. The van der Waals surface area contributed by atoms with Crippen LogP contribution in [-0.4, -0.2) is 23.4 Å². The Morgan fingerprint density at radius 2 is 1.76 bits per heavy atom. The topological polar surface area (TPSA) is 3.24 Å². The van der Waals surface area contributed by atoms with Crippen molar-refractivity contribution in [1.82, 2.24) is 4.90 Å². The Hall–Kier alpha value is -0.240. The van der Waals surface area contributed by atoms with E-state index in [1.165, 1.54) is 31.2 Å². The second-order valence-corrected chi connectivity index (χ2v) is 5.54. The monoisotopic (exact) mass is 271 g/mol. The minimum absolute atomic E-state index is 0.712. The van der Waals surface area contributed by atoms with Crippen molar-refractivity contribution in [3.8, 4) is 0 Å². The second-order valence-electron chi connectivity index (χ2n) is 4.72. The van der Waals surface area contributed by atoms with Gasteiger partial charge < -0.3 is 0 Å². The Morgan fingerprint density at radius 3 is 2.35 bits per heavy atom. The third kappa shape index (κ3) is 3.87. The third-order valence-electron chi connectivity index (χ3n) is 3.51. The molecule has 0 N–H and O–H groups in total. The van der Waals surface area contributed by atoms with Crippen molar-refractivity contribution in [2.75, 3.05) is 12.4 Å². The van der Waals surface area contributed by atoms with Gasteiger partial charge in [-0.2, -0.15) is 0 Å². The fourth-order valence-electron chi connectivity index (χ4n) is 2.59. The summed E-state index contributed by atoms with van der Waals surface area (Å²) in [5.74, 6) is 0.712. The molecule has 0 atom stereocenters. The third-order valence-corrected chi connectivity index (χ3v) is 3.93. The molecule has 0 aliphatic heterocycles. The zero-order valence-electron chi connectivity index (χ0n) is 10.0. The number of nitrogens with zero attached hydrogens (tertiary/aromatic N) is 1. The van der Waals surface area contributed by atoms with E-state index in [4.69, 9.17) is 23.2 Å². The molecule has 94 valence electrons. The first kappa shape index (κ1) is 13.2. The van der Waals surface area contributed by atoms with E-state index in [9.17, 15) is 0 Å². The Balaban J connectivity index is 1.98. The molecule has 0 amide bonds. The lowest BCUT2D eigenvalue weighted by Gasteiger charge is -2.28. The second kappa shape index (κ2) is 6.63. The molecule has 0 aromatic heterocycles. The summed E-state index contributed by atoms with van der Waals surface area (Å²) >= 11 is 11.8. The van der Waals surface area contributed by atoms with Crippen LogP contribution in [0, 0.1) is 0 Å². The van der Waals surface area contributed by atoms with Crippen LogP contribution in [0.5, 0.6) is 0 Å². The van der Waals surface area contributed by atoms with E-state index in [2.05, 4.69) is 17.0 Å². The molecule has 1 aliphatic carbocycles. The van der Waals surface area contributed by atoms with Crippen LogP contribution in [-0.2, 0) is 6.54 Å². The van der Waals surface area contributed by atoms with Crippen molar-refractivity contribution in [3.63, 3.8) is 0 Å². The highest BCUT2D eigenvalue weighted by atomic mass is 35.5. The summed E-state index contributed by atoms with van der Waals surface area (Å²) < 4.78 is 0. The molecule has 17 heavy (non-hydrogen) atoms. The van der Waals surface area contributed by atoms with Crippen LogP contribution in [0.4, 0.5) is 0 Å². The molecule has 1 fully saturated rings. The van der Waals surface area contributed by atoms with Crippen LogP contribution < -0.4 is 0 Å². The van der Waals surface area contributed by atoms with Crippen molar-refractivity contribution in [2.45, 2.75) is 38.3 Å². The summed E-state index contributed by atoms with van der Waals surface area (Å²) in [6.45, 7) is 1.98. The molecule has 0 saturated heterocycles. The van der Waals surface area contributed by atoms with Crippen LogP contribution in [0.2, 0.25) is 5.02 Å². The fourth-order valence-corrected chi connectivity index (χ4v) is 2.94. The number of rotatable bonds is 5. The quantitative estimate of drug-likeness (QED) is 0.721. The molecule has 0 bridgehead atoms.